The van der Waals surface area contributed by atoms with Crippen LogP contribution in [-0.4, -0.2) is 26.4 Å². The van der Waals surface area contributed by atoms with Gasteiger partial charge in [-0.2, -0.15) is 0 Å². The Morgan fingerprint density at radius 3 is 2.60 bits per heavy atom. The zero-order chi connectivity index (χ0) is 21.5. The van der Waals surface area contributed by atoms with Gasteiger partial charge in [0.15, 0.2) is 5.16 Å². The number of carbonyl (C=O) groups is 1. The number of halogens is 3. The number of aromatic nitrogens is 3. The largest absolute Gasteiger partial charge is 0.325 e. The standard InChI is InChI=1S/C20H19Cl2IN4OS2/c1-2-27-18(11-29-10-13-3-4-14(21)9-17(13)22)25-26-20(27)30-12-19(28)24-16-7-5-15(23)6-8-16/h3-9H,2,10-12H2,1H3,(H,24,28). The molecule has 0 aliphatic heterocycles. The molecule has 0 bridgehead atoms. The first-order valence-corrected chi connectivity index (χ1v) is 13.1. The highest BCUT2D eigenvalue weighted by molar-refractivity contribution is 14.1. The second-order valence-corrected chi connectivity index (χ2v) is 10.2. The Bertz CT molecular complexity index is 1010. The Morgan fingerprint density at radius 2 is 1.90 bits per heavy atom. The van der Waals surface area contributed by atoms with Crippen molar-refractivity contribution < 1.29 is 4.79 Å². The van der Waals surface area contributed by atoms with E-state index in [1.807, 2.05) is 47.9 Å². The van der Waals surface area contributed by atoms with Crippen LogP contribution in [0, 0.1) is 3.57 Å². The summed E-state index contributed by atoms with van der Waals surface area (Å²) in [7, 11) is 0. The minimum atomic E-state index is -0.0693. The fourth-order valence-electron chi connectivity index (χ4n) is 2.60. The van der Waals surface area contributed by atoms with Gasteiger partial charge in [-0.1, -0.05) is 41.0 Å². The first-order valence-electron chi connectivity index (χ1n) is 9.08. The number of carbonyl (C=O) groups excluding carboxylic acids is 1. The topological polar surface area (TPSA) is 59.8 Å². The van der Waals surface area contributed by atoms with Gasteiger partial charge in [0.1, 0.15) is 5.82 Å². The van der Waals surface area contributed by atoms with Gasteiger partial charge in [-0.25, -0.2) is 0 Å². The van der Waals surface area contributed by atoms with E-state index in [0.717, 1.165) is 38.1 Å². The van der Waals surface area contributed by atoms with Crippen LogP contribution in [0.25, 0.3) is 0 Å². The van der Waals surface area contributed by atoms with Gasteiger partial charge in [0.05, 0.1) is 11.5 Å². The Morgan fingerprint density at radius 1 is 1.13 bits per heavy atom. The highest BCUT2D eigenvalue weighted by Crippen LogP contribution is 2.27. The molecule has 0 spiro atoms. The van der Waals surface area contributed by atoms with E-state index in [-0.39, 0.29) is 11.7 Å². The molecule has 3 rings (SSSR count). The average Bonchev–Trinajstić information content (AvgIpc) is 3.11. The van der Waals surface area contributed by atoms with Crippen molar-refractivity contribution in [1.29, 1.82) is 0 Å². The quantitative estimate of drug-likeness (QED) is 0.231. The van der Waals surface area contributed by atoms with E-state index in [0.29, 0.717) is 15.8 Å². The molecule has 0 fully saturated rings. The Labute approximate surface area is 207 Å². The molecule has 1 heterocycles. The number of amides is 1. The maximum Gasteiger partial charge on any atom is 0.234 e. The van der Waals surface area contributed by atoms with Gasteiger partial charge >= 0.3 is 0 Å². The monoisotopic (exact) mass is 592 g/mol. The first-order chi connectivity index (χ1) is 14.5. The second kappa shape index (κ2) is 11.6. The van der Waals surface area contributed by atoms with Crippen LogP contribution in [0.5, 0.6) is 0 Å². The molecule has 0 atom stereocenters. The Hall–Kier alpha value is -0.940. The van der Waals surface area contributed by atoms with Gasteiger partial charge in [-0.05, 0) is 71.5 Å². The molecule has 0 saturated heterocycles. The molecular formula is C20H19Cl2IN4OS2. The van der Waals surface area contributed by atoms with E-state index in [1.54, 1.807) is 17.8 Å². The number of anilines is 1. The van der Waals surface area contributed by atoms with Crippen molar-refractivity contribution in [2.45, 2.75) is 30.1 Å². The summed E-state index contributed by atoms with van der Waals surface area (Å²) in [6.07, 6.45) is 0. The number of nitrogens with zero attached hydrogens (tertiary/aromatic N) is 3. The van der Waals surface area contributed by atoms with Crippen molar-refractivity contribution in [2.75, 3.05) is 11.1 Å². The van der Waals surface area contributed by atoms with Crippen LogP contribution in [0.1, 0.15) is 18.3 Å². The third kappa shape index (κ3) is 6.78. The molecule has 1 amide bonds. The molecule has 1 aromatic heterocycles. The first kappa shape index (κ1) is 23.7. The predicted molar refractivity (Wildman–Crippen MR) is 136 cm³/mol. The summed E-state index contributed by atoms with van der Waals surface area (Å²) in [6, 6.07) is 13.2. The van der Waals surface area contributed by atoms with Gasteiger partial charge in [0.25, 0.3) is 0 Å². The van der Waals surface area contributed by atoms with Crippen LogP contribution >= 0.6 is 69.3 Å². The van der Waals surface area contributed by atoms with Crippen molar-refractivity contribution in [3.05, 3.63) is 67.5 Å². The van der Waals surface area contributed by atoms with Gasteiger partial charge in [0, 0.05) is 31.6 Å². The number of hydrogen-bond acceptors (Lipinski definition) is 5. The minimum absolute atomic E-state index is 0.0693. The molecular weight excluding hydrogens is 574 g/mol. The molecule has 0 unspecified atom stereocenters. The fraction of sp³-hybridized carbons (Fsp3) is 0.250. The normalized spacial score (nSPS) is 10.9. The molecule has 158 valence electrons. The highest BCUT2D eigenvalue weighted by atomic mass is 127. The van der Waals surface area contributed by atoms with Gasteiger partial charge in [-0.15, -0.1) is 22.0 Å². The number of hydrogen-bond donors (Lipinski definition) is 1. The fourth-order valence-corrected chi connectivity index (χ4v) is 5.31. The van der Waals surface area contributed by atoms with E-state index >= 15 is 0 Å². The lowest BCUT2D eigenvalue weighted by Crippen LogP contribution is -2.14. The molecule has 3 aromatic rings. The molecule has 0 radical (unpaired) electrons. The minimum Gasteiger partial charge on any atom is -0.325 e. The third-order valence-corrected chi connectivity index (χ3v) is 7.32. The number of thioether (sulfide) groups is 2. The maximum absolute atomic E-state index is 12.2. The summed E-state index contributed by atoms with van der Waals surface area (Å²) in [4.78, 5) is 12.2. The van der Waals surface area contributed by atoms with Crippen LogP contribution in [0.4, 0.5) is 5.69 Å². The van der Waals surface area contributed by atoms with Crippen LogP contribution in [0.2, 0.25) is 10.0 Å². The summed E-state index contributed by atoms with van der Waals surface area (Å²) in [5.41, 5.74) is 1.83. The van der Waals surface area contributed by atoms with Crippen molar-refractivity contribution in [2.24, 2.45) is 0 Å². The van der Waals surface area contributed by atoms with E-state index < -0.39 is 0 Å². The van der Waals surface area contributed by atoms with Crippen molar-refractivity contribution >= 4 is 80.9 Å². The number of nitrogens with one attached hydrogen (secondary N) is 1. The molecule has 0 saturated carbocycles. The smallest absolute Gasteiger partial charge is 0.234 e. The van der Waals surface area contributed by atoms with Gasteiger partial charge in [-0.3, -0.25) is 4.79 Å². The summed E-state index contributed by atoms with van der Waals surface area (Å²) >= 11 is 17.5. The molecule has 0 aliphatic carbocycles. The van der Waals surface area contributed by atoms with Crippen LogP contribution < -0.4 is 5.32 Å². The Balaban J connectivity index is 1.53. The highest BCUT2D eigenvalue weighted by Gasteiger charge is 2.14. The summed E-state index contributed by atoms with van der Waals surface area (Å²) in [5, 5.41) is 13.5. The lowest BCUT2D eigenvalue weighted by atomic mass is 10.2. The predicted octanol–water partition coefficient (Wildman–Crippen LogP) is 6.37. The van der Waals surface area contributed by atoms with E-state index in [2.05, 4.69) is 38.1 Å². The number of benzene rings is 2. The van der Waals surface area contributed by atoms with Crippen molar-refractivity contribution in [3.63, 3.8) is 0 Å². The third-order valence-electron chi connectivity index (χ3n) is 4.07. The molecule has 5 nitrogen and oxygen atoms in total. The van der Waals surface area contributed by atoms with E-state index in [9.17, 15) is 4.79 Å². The SMILES string of the molecule is CCn1c(CSCc2ccc(Cl)cc2Cl)nnc1SCC(=O)Nc1ccc(I)cc1. The van der Waals surface area contributed by atoms with E-state index in [4.69, 9.17) is 23.2 Å². The van der Waals surface area contributed by atoms with E-state index in [1.165, 1.54) is 11.8 Å². The second-order valence-electron chi connectivity index (χ2n) is 6.22. The lowest BCUT2D eigenvalue weighted by molar-refractivity contribution is -0.113. The Kier molecular flexibility index (Phi) is 9.18. The van der Waals surface area contributed by atoms with Crippen LogP contribution in [-0.2, 0) is 22.8 Å². The maximum atomic E-state index is 12.2. The average molecular weight is 593 g/mol. The molecule has 0 aliphatic rings. The summed E-state index contributed by atoms with van der Waals surface area (Å²) < 4.78 is 3.17. The van der Waals surface area contributed by atoms with Crippen molar-refractivity contribution in [3.8, 4) is 0 Å². The lowest BCUT2D eigenvalue weighted by Gasteiger charge is -2.08. The molecule has 10 heteroatoms. The molecule has 1 N–H and O–H groups in total. The number of rotatable bonds is 9. The van der Waals surface area contributed by atoms with Crippen LogP contribution in [0.15, 0.2) is 47.6 Å². The zero-order valence-electron chi connectivity index (χ0n) is 16.1. The van der Waals surface area contributed by atoms with Crippen LogP contribution in [0.3, 0.4) is 0 Å². The molecule has 2 aromatic carbocycles. The zero-order valence-corrected chi connectivity index (χ0v) is 21.4. The van der Waals surface area contributed by atoms with Gasteiger partial charge in [0.2, 0.25) is 5.91 Å². The van der Waals surface area contributed by atoms with Gasteiger partial charge < -0.3 is 9.88 Å². The summed E-state index contributed by atoms with van der Waals surface area (Å²) in [6.45, 7) is 2.79. The summed E-state index contributed by atoms with van der Waals surface area (Å²) in [5.74, 6) is 2.55. The van der Waals surface area contributed by atoms with Crippen molar-refractivity contribution in [1.82, 2.24) is 14.8 Å². The molecule has 30 heavy (non-hydrogen) atoms.